The Balaban J connectivity index is 1.76. The summed E-state index contributed by atoms with van der Waals surface area (Å²) >= 11 is 4.13. The molecule has 0 aliphatic carbocycles. The molecule has 33 heavy (non-hydrogen) atoms. The lowest BCUT2D eigenvalue weighted by atomic mass is 9.85. The topological polar surface area (TPSA) is 119 Å². The van der Waals surface area contributed by atoms with Crippen molar-refractivity contribution in [3.05, 3.63) is 50.5 Å². The van der Waals surface area contributed by atoms with E-state index in [1.54, 1.807) is 20.8 Å². The molecule has 178 valence electrons. The molecule has 2 heterocycles. The van der Waals surface area contributed by atoms with E-state index in [0.717, 1.165) is 15.3 Å². The zero-order valence-corrected chi connectivity index (χ0v) is 21.0. The second kappa shape index (κ2) is 9.72. The number of amides is 2. The van der Waals surface area contributed by atoms with Gasteiger partial charge in [0, 0.05) is 35.4 Å². The number of nitro groups is 1. The monoisotopic (exact) mass is 541 g/mol. The minimum atomic E-state index is -0.702. The summed E-state index contributed by atoms with van der Waals surface area (Å²) in [5.41, 5.74) is -0.0990. The fourth-order valence-corrected chi connectivity index (χ4v) is 5.05. The van der Waals surface area contributed by atoms with Crippen molar-refractivity contribution in [2.24, 2.45) is 5.92 Å². The van der Waals surface area contributed by atoms with Crippen LogP contribution in [0.4, 0.5) is 10.5 Å². The molecule has 2 amide bonds. The van der Waals surface area contributed by atoms with Crippen LogP contribution in [0.15, 0.2) is 34.9 Å². The zero-order chi connectivity index (χ0) is 24.5. The Kier molecular flexibility index (Phi) is 7.37. The fraction of sp³-hybridized carbons (Fsp3) is 0.476. The molecule has 0 aromatic heterocycles. The van der Waals surface area contributed by atoms with Crippen LogP contribution in [0.5, 0.6) is 0 Å². The Hall–Kier alpha value is -2.60. The molecule has 1 saturated heterocycles. The summed E-state index contributed by atoms with van der Waals surface area (Å²) < 4.78 is 11.8. The summed E-state index contributed by atoms with van der Waals surface area (Å²) in [6.07, 6.45) is 0.417. The largest absolute Gasteiger partial charge is 0.456 e. The molecule has 1 aromatic rings. The quantitative estimate of drug-likeness (QED) is 0.122. The predicted molar refractivity (Wildman–Crippen MR) is 124 cm³/mol. The van der Waals surface area contributed by atoms with Crippen molar-refractivity contribution in [2.45, 2.75) is 58.8 Å². The first-order valence-corrected chi connectivity index (χ1v) is 11.7. The zero-order valence-electron chi connectivity index (χ0n) is 18.6. The molecule has 2 unspecified atom stereocenters. The van der Waals surface area contributed by atoms with E-state index >= 15 is 0 Å². The van der Waals surface area contributed by atoms with Gasteiger partial charge in [-0.15, -0.1) is 0 Å². The number of halogens is 1. The molecule has 12 heteroatoms. The highest BCUT2D eigenvalue weighted by molar-refractivity contribution is 9.09. The number of rotatable bonds is 7. The maximum absolute atomic E-state index is 13.0. The first kappa shape index (κ1) is 25.0. The number of β-lactam (4-membered cyclic amide) rings is 1. The molecule has 0 bridgehead atoms. The molecule has 2 aliphatic rings. The molecular formula is C21H24BrN3O7S. The molecule has 3 rings (SSSR count). The van der Waals surface area contributed by atoms with Gasteiger partial charge in [0.1, 0.15) is 17.9 Å². The Morgan fingerprint density at radius 2 is 1.94 bits per heavy atom. The van der Waals surface area contributed by atoms with E-state index in [1.165, 1.54) is 29.2 Å². The third-order valence-corrected chi connectivity index (χ3v) is 6.74. The highest BCUT2D eigenvalue weighted by Crippen LogP contribution is 2.48. The molecule has 0 N–H and O–H groups in total. The highest BCUT2D eigenvalue weighted by Gasteiger charge is 2.55. The lowest BCUT2D eigenvalue weighted by Gasteiger charge is -2.43. The number of benzene rings is 1. The first-order chi connectivity index (χ1) is 15.4. The van der Waals surface area contributed by atoms with Gasteiger partial charge in [0.05, 0.1) is 33.0 Å². The number of nitrogens with zero attached hydrogens (tertiary/aromatic N) is 3. The lowest BCUT2D eigenvalue weighted by molar-refractivity contribution is -0.384. The van der Waals surface area contributed by atoms with Crippen LogP contribution >= 0.6 is 28.1 Å². The average molecular weight is 542 g/mol. The van der Waals surface area contributed by atoms with Crippen molar-refractivity contribution in [1.82, 2.24) is 8.23 Å². The van der Waals surface area contributed by atoms with Crippen molar-refractivity contribution >= 4 is 51.8 Å². The number of hydrogen-bond donors (Lipinski definition) is 0. The SMILES string of the molecule is CCC1C(=O)N2C(C(=O)OCc3ccc([N+](=O)[O-])cc3)=C(SN(Br)C(=O)OC(C)(C)C)CC12. The van der Waals surface area contributed by atoms with Gasteiger partial charge in [-0.2, -0.15) is 3.33 Å². The molecule has 10 nitrogen and oxygen atoms in total. The van der Waals surface area contributed by atoms with Crippen molar-refractivity contribution in [3.8, 4) is 0 Å². The molecule has 0 spiro atoms. The van der Waals surface area contributed by atoms with Gasteiger partial charge in [0.25, 0.3) is 5.69 Å². The number of hydrogen-bond acceptors (Lipinski definition) is 8. The number of carbonyl (C=O) groups is 3. The maximum atomic E-state index is 13.0. The van der Waals surface area contributed by atoms with Crippen LogP contribution in [-0.4, -0.2) is 42.8 Å². The average Bonchev–Trinajstić information content (AvgIpc) is 3.05. The van der Waals surface area contributed by atoms with Crippen LogP contribution in [0, 0.1) is 16.0 Å². The van der Waals surface area contributed by atoms with E-state index < -0.39 is 22.6 Å². The second-order valence-corrected chi connectivity index (χ2v) is 10.8. The minimum absolute atomic E-state index is 0.0681. The second-order valence-electron chi connectivity index (χ2n) is 8.58. The summed E-state index contributed by atoms with van der Waals surface area (Å²) in [5.74, 6) is -1.05. The van der Waals surface area contributed by atoms with Gasteiger partial charge < -0.3 is 14.4 Å². The first-order valence-electron chi connectivity index (χ1n) is 10.3. The van der Waals surface area contributed by atoms with E-state index in [9.17, 15) is 24.5 Å². The van der Waals surface area contributed by atoms with Crippen LogP contribution in [0.3, 0.4) is 0 Å². The third-order valence-electron chi connectivity index (χ3n) is 5.13. The van der Waals surface area contributed by atoms with E-state index in [1.807, 2.05) is 6.92 Å². The van der Waals surface area contributed by atoms with Gasteiger partial charge >= 0.3 is 12.1 Å². The molecule has 0 saturated carbocycles. The van der Waals surface area contributed by atoms with Gasteiger partial charge in [0.2, 0.25) is 5.91 Å². The Morgan fingerprint density at radius 3 is 2.48 bits per heavy atom. The smallest absolute Gasteiger partial charge is 0.431 e. The third kappa shape index (κ3) is 5.49. The Morgan fingerprint density at radius 1 is 1.30 bits per heavy atom. The minimum Gasteiger partial charge on any atom is -0.456 e. The van der Waals surface area contributed by atoms with Gasteiger partial charge in [-0.3, -0.25) is 14.9 Å². The summed E-state index contributed by atoms with van der Waals surface area (Å²) in [7, 11) is 0. The number of nitro benzene ring substituents is 1. The highest BCUT2D eigenvalue weighted by atomic mass is 79.9. The van der Waals surface area contributed by atoms with Crippen molar-refractivity contribution in [3.63, 3.8) is 0 Å². The van der Waals surface area contributed by atoms with Crippen LogP contribution in [0.2, 0.25) is 0 Å². The molecular weight excluding hydrogens is 518 g/mol. The number of non-ortho nitro benzene ring substituents is 1. The van der Waals surface area contributed by atoms with Crippen LogP contribution in [0.1, 0.15) is 46.1 Å². The number of fused-ring (bicyclic) bond motifs is 1. The fourth-order valence-electron chi connectivity index (χ4n) is 3.64. The summed E-state index contributed by atoms with van der Waals surface area (Å²) in [5, 5.41) is 10.8. The standard InChI is InChI=1S/C21H24BrN3O7S/c1-5-14-15-10-16(33-24(22)20(28)32-21(2,3)4)17(23(15)18(14)26)19(27)31-11-12-6-8-13(9-7-12)25(29)30/h6-9,14-15H,5,10-11H2,1-4H3. The number of esters is 1. The lowest BCUT2D eigenvalue weighted by Crippen LogP contribution is -2.58. The summed E-state index contributed by atoms with van der Waals surface area (Å²) in [4.78, 5) is 50.1. The number of carbonyl (C=O) groups excluding carboxylic acids is 3. The molecule has 0 radical (unpaired) electrons. The maximum Gasteiger partial charge on any atom is 0.431 e. The van der Waals surface area contributed by atoms with Gasteiger partial charge in [-0.05, 0) is 44.9 Å². The molecule has 1 fully saturated rings. The number of ether oxygens (including phenoxy) is 2. The van der Waals surface area contributed by atoms with E-state index in [2.05, 4.69) is 16.1 Å². The van der Waals surface area contributed by atoms with Crippen LogP contribution in [0.25, 0.3) is 0 Å². The van der Waals surface area contributed by atoms with Crippen LogP contribution < -0.4 is 0 Å². The van der Waals surface area contributed by atoms with Crippen LogP contribution in [-0.2, 0) is 25.7 Å². The van der Waals surface area contributed by atoms with Gasteiger partial charge in [0.15, 0.2) is 0 Å². The van der Waals surface area contributed by atoms with E-state index in [4.69, 9.17) is 9.47 Å². The summed E-state index contributed by atoms with van der Waals surface area (Å²) in [6.45, 7) is 7.01. The summed E-state index contributed by atoms with van der Waals surface area (Å²) in [6, 6.07) is 5.48. The predicted octanol–water partition coefficient (Wildman–Crippen LogP) is 4.69. The van der Waals surface area contributed by atoms with Crippen molar-refractivity contribution in [2.75, 3.05) is 0 Å². The molecule has 2 atom stereocenters. The molecule has 2 aliphatic heterocycles. The van der Waals surface area contributed by atoms with Gasteiger partial charge in [-0.25, -0.2) is 9.59 Å². The van der Waals surface area contributed by atoms with Crippen molar-refractivity contribution < 1.29 is 28.8 Å². The van der Waals surface area contributed by atoms with Crippen molar-refractivity contribution in [1.29, 1.82) is 0 Å². The van der Waals surface area contributed by atoms with E-state index in [0.29, 0.717) is 23.3 Å². The normalized spacial score (nSPS) is 19.7. The Bertz CT molecular complexity index is 1010. The van der Waals surface area contributed by atoms with E-state index in [-0.39, 0.29) is 35.9 Å². The van der Waals surface area contributed by atoms with Gasteiger partial charge in [-0.1, -0.05) is 6.92 Å². The molecule has 1 aromatic carbocycles. The Labute approximate surface area is 203 Å².